The Kier molecular flexibility index (Phi) is 2.13. The lowest BCUT2D eigenvalue weighted by molar-refractivity contribution is 0.171. The Morgan fingerprint density at radius 2 is 1.88 bits per heavy atom. The molecule has 2 aliphatic rings. The number of ether oxygens (including phenoxy) is 1. The zero-order chi connectivity index (χ0) is 11.2. The van der Waals surface area contributed by atoms with Gasteiger partial charge in [-0.2, -0.15) is 0 Å². The third-order valence-corrected chi connectivity index (χ3v) is 4.11. The molecule has 86 valence electrons. The molecule has 0 radical (unpaired) electrons. The monoisotopic (exact) mass is 217 g/mol. The molecule has 0 aromatic heterocycles. The number of hydrogen-bond acceptors (Lipinski definition) is 2. The maximum Gasteiger partial charge on any atom is 0.0559 e. The van der Waals surface area contributed by atoms with Gasteiger partial charge in [-0.25, -0.2) is 0 Å². The summed E-state index contributed by atoms with van der Waals surface area (Å²) in [5.74, 6) is 0. The van der Waals surface area contributed by atoms with Gasteiger partial charge in [0.05, 0.1) is 6.61 Å². The van der Waals surface area contributed by atoms with E-state index in [0.29, 0.717) is 5.41 Å². The van der Waals surface area contributed by atoms with Gasteiger partial charge >= 0.3 is 0 Å². The number of nitrogens with two attached hydrogens (primary N) is 1. The standard InChI is InChI=1S/C14H19NO/c1-16-10-13(5-6-13)11-3-2-4-12(9-11)14(15)7-8-14/h2-4,9H,5-8,10,15H2,1H3. The Labute approximate surface area is 96.8 Å². The molecule has 1 aromatic carbocycles. The fourth-order valence-electron chi connectivity index (χ4n) is 2.53. The summed E-state index contributed by atoms with van der Waals surface area (Å²) < 4.78 is 5.33. The predicted octanol–water partition coefficient (Wildman–Crippen LogP) is 2.31. The van der Waals surface area contributed by atoms with Crippen molar-refractivity contribution in [3.8, 4) is 0 Å². The second-order valence-electron chi connectivity index (χ2n) is 5.45. The van der Waals surface area contributed by atoms with Gasteiger partial charge in [0.2, 0.25) is 0 Å². The normalized spacial score (nSPS) is 24.1. The highest BCUT2D eigenvalue weighted by molar-refractivity contribution is 5.39. The molecule has 0 amide bonds. The molecular formula is C14H19NO. The highest BCUT2D eigenvalue weighted by Crippen LogP contribution is 2.50. The first-order valence-electron chi connectivity index (χ1n) is 6.07. The van der Waals surface area contributed by atoms with Crippen LogP contribution in [0.25, 0.3) is 0 Å². The highest BCUT2D eigenvalue weighted by atomic mass is 16.5. The lowest BCUT2D eigenvalue weighted by Crippen LogP contribution is -2.20. The van der Waals surface area contributed by atoms with Crippen molar-refractivity contribution in [3.05, 3.63) is 35.4 Å². The van der Waals surface area contributed by atoms with Crippen LogP contribution < -0.4 is 5.73 Å². The van der Waals surface area contributed by atoms with E-state index in [1.807, 2.05) is 0 Å². The number of methoxy groups -OCH3 is 1. The van der Waals surface area contributed by atoms with Gasteiger partial charge in [0.15, 0.2) is 0 Å². The smallest absolute Gasteiger partial charge is 0.0559 e. The predicted molar refractivity (Wildman–Crippen MR) is 64.3 cm³/mol. The number of benzene rings is 1. The molecule has 2 nitrogen and oxygen atoms in total. The lowest BCUT2D eigenvalue weighted by atomic mass is 9.93. The van der Waals surface area contributed by atoms with Crippen molar-refractivity contribution < 1.29 is 4.74 Å². The number of hydrogen-bond donors (Lipinski definition) is 1. The van der Waals surface area contributed by atoms with E-state index < -0.39 is 0 Å². The first kappa shape index (κ1) is 10.3. The van der Waals surface area contributed by atoms with E-state index in [1.165, 1.54) is 24.0 Å². The first-order valence-corrected chi connectivity index (χ1v) is 6.07. The number of rotatable bonds is 4. The van der Waals surface area contributed by atoms with Gasteiger partial charge in [-0.3, -0.25) is 0 Å². The van der Waals surface area contributed by atoms with E-state index in [-0.39, 0.29) is 5.54 Å². The van der Waals surface area contributed by atoms with Crippen LogP contribution in [0, 0.1) is 0 Å². The van der Waals surface area contributed by atoms with Crippen molar-refractivity contribution in [2.45, 2.75) is 36.6 Å². The Morgan fingerprint density at radius 3 is 2.44 bits per heavy atom. The Balaban J connectivity index is 1.91. The minimum Gasteiger partial charge on any atom is -0.384 e. The molecule has 2 aliphatic carbocycles. The van der Waals surface area contributed by atoms with Crippen LogP contribution in [0.2, 0.25) is 0 Å². The van der Waals surface area contributed by atoms with Gasteiger partial charge < -0.3 is 10.5 Å². The average Bonchev–Trinajstić information content (AvgIpc) is 3.19. The van der Waals surface area contributed by atoms with Crippen LogP contribution in [0.15, 0.2) is 24.3 Å². The van der Waals surface area contributed by atoms with Gasteiger partial charge in [-0.15, -0.1) is 0 Å². The lowest BCUT2D eigenvalue weighted by Gasteiger charge is -2.17. The first-order chi connectivity index (χ1) is 7.69. The second-order valence-corrected chi connectivity index (χ2v) is 5.45. The molecule has 2 fully saturated rings. The summed E-state index contributed by atoms with van der Waals surface area (Å²) >= 11 is 0. The minimum atomic E-state index is -0.0147. The van der Waals surface area contributed by atoms with Crippen LogP contribution in [-0.4, -0.2) is 13.7 Å². The molecule has 1 aromatic rings. The fourth-order valence-corrected chi connectivity index (χ4v) is 2.53. The van der Waals surface area contributed by atoms with E-state index in [0.717, 1.165) is 19.4 Å². The fraction of sp³-hybridized carbons (Fsp3) is 0.571. The molecule has 2 N–H and O–H groups in total. The van der Waals surface area contributed by atoms with Gasteiger partial charge in [0.1, 0.15) is 0 Å². The molecule has 16 heavy (non-hydrogen) atoms. The van der Waals surface area contributed by atoms with Crippen molar-refractivity contribution in [1.82, 2.24) is 0 Å². The molecule has 0 aliphatic heterocycles. The minimum absolute atomic E-state index is 0.0147. The van der Waals surface area contributed by atoms with E-state index in [9.17, 15) is 0 Å². The Bertz CT molecular complexity index is 405. The van der Waals surface area contributed by atoms with Crippen molar-refractivity contribution in [2.24, 2.45) is 5.73 Å². The maximum atomic E-state index is 6.24. The molecular weight excluding hydrogens is 198 g/mol. The van der Waals surface area contributed by atoms with Gasteiger partial charge in [-0.05, 0) is 36.8 Å². The molecule has 2 saturated carbocycles. The Hall–Kier alpha value is -0.860. The van der Waals surface area contributed by atoms with Crippen LogP contribution in [-0.2, 0) is 15.7 Å². The van der Waals surface area contributed by atoms with Crippen LogP contribution in [0.4, 0.5) is 0 Å². The zero-order valence-electron chi connectivity index (χ0n) is 9.83. The van der Waals surface area contributed by atoms with E-state index in [4.69, 9.17) is 10.5 Å². The van der Waals surface area contributed by atoms with E-state index in [2.05, 4.69) is 24.3 Å². The van der Waals surface area contributed by atoms with Gasteiger partial charge in [-0.1, -0.05) is 24.3 Å². The molecule has 2 heteroatoms. The summed E-state index contributed by atoms with van der Waals surface area (Å²) in [6.07, 6.45) is 4.77. The van der Waals surface area contributed by atoms with Crippen LogP contribution in [0.1, 0.15) is 36.8 Å². The van der Waals surface area contributed by atoms with Crippen molar-refractivity contribution in [2.75, 3.05) is 13.7 Å². The van der Waals surface area contributed by atoms with Crippen LogP contribution >= 0.6 is 0 Å². The zero-order valence-corrected chi connectivity index (χ0v) is 9.83. The van der Waals surface area contributed by atoms with Crippen LogP contribution in [0.3, 0.4) is 0 Å². The largest absolute Gasteiger partial charge is 0.384 e. The van der Waals surface area contributed by atoms with Crippen molar-refractivity contribution >= 4 is 0 Å². The Morgan fingerprint density at radius 1 is 1.19 bits per heavy atom. The van der Waals surface area contributed by atoms with Crippen molar-refractivity contribution in [1.29, 1.82) is 0 Å². The summed E-state index contributed by atoms with van der Waals surface area (Å²) in [5, 5.41) is 0. The van der Waals surface area contributed by atoms with Crippen molar-refractivity contribution in [3.63, 3.8) is 0 Å². The summed E-state index contributed by atoms with van der Waals surface area (Å²) in [7, 11) is 1.79. The van der Waals surface area contributed by atoms with E-state index in [1.54, 1.807) is 7.11 Å². The summed E-state index contributed by atoms with van der Waals surface area (Å²) in [4.78, 5) is 0. The topological polar surface area (TPSA) is 35.2 Å². The third-order valence-electron chi connectivity index (χ3n) is 4.11. The molecule has 0 unspecified atom stereocenters. The quantitative estimate of drug-likeness (QED) is 0.840. The maximum absolute atomic E-state index is 6.24. The van der Waals surface area contributed by atoms with Gasteiger partial charge in [0, 0.05) is 18.1 Å². The highest BCUT2D eigenvalue weighted by Gasteiger charge is 2.46. The molecule has 0 atom stereocenters. The average molecular weight is 217 g/mol. The van der Waals surface area contributed by atoms with Crippen LogP contribution in [0.5, 0.6) is 0 Å². The molecule has 3 rings (SSSR count). The molecule has 0 saturated heterocycles. The second kappa shape index (κ2) is 3.31. The SMILES string of the molecule is COCC1(c2cccc(C3(N)CC3)c2)CC1. The van der Waals surface area contributed by atoms with Gasteiger partial charge in [0.25, 0.3) is 0 Å². The van der Waals surface area contributed by atoms with E-state index >= 15 is 0 Å². The summed E-state index contributed by atoms with van der Waals surface area (Å²) in [6, 6.07) is 8.84. The third kappa shape index (κ3) is 1.57. The molecule has 0 spiro atoms. The molecule has 0 bridgehead atoms. The molecule has 0 heterocycles. The summed E-state index contributed by atoms with van der Waals surface area (Å²) in [6.45, 7) is 0.841. The summed E-state index contributed by atoms with van der Waals surface area (Å²) in [5.41, 5.74) is 9.26.